The fourth-order valence-corrected chi connectivity index (χ4v) is 4.48. The zero-order valence-electron chi connectivity index (χ0n) is 15.0. The molecule has 2 saturated heterocycles. The van der Waals surface area contributed by atoms with E-state index in [1.165, 1.54) is 34.0 Å². The van der Waals surface area contributed by atoms with Crippen LogP contribution >= 0.6 is 11.3 Å². The summed E-state index contributed by atoms with van der Waals surface area (Å²) < 4.78 is 13.1. The third kappa shape index (κ3) is 3.95. The summed E-state index contributed by atoms with van der Waals surface area (Å²) >= 11 is 1.78. The van der Waals surface area contributed by atoms with E-state index in [4.69, 9.17) is 0 Å². The van der Waals surface area contributed by atoms with Crippen LogP contribution in [-0.4, -0.2) is 60.4 Å². The van der Waals surface area contributed by atoms with Gasteiger partial charge in [0.2, 0.25) is 5.91 Å². The van der Waals surface area contributed by atoms with Crippen molar-refractivity contribution in [3.8, 4) is 0 Å². The van der Waals surface area contributed by atoms with Gasteiger partial charge in [0.15, 0.2) is 0 Å². The summed E-state index contributed by atoms with van der Waals surface area (Å²) in [4.78, 5) is 32.3. The third-order valence-corrected chi connectivity index (χ3v) is 6.25. The van der Waals surface area contributed by atoms with Gasteiger partial charge >= 0.3 is 0 Å². The molecular weight excluding hydrogens is 365 g/mol. The van der Waals surface area contributed by atoms with E-state index >= 15 is 0 Å². The highest BCUT2D eigenvalue weighted by Crippen LogP contribution is 2.26. The van der Waals surface area contributed by atoms with E-state index in [0.717, 1.165) is 39.1 Å². The molecule has 2 aliphatic rings. The number of carbonyl (C=O) groups excluding carboxylic acids is 2. The maximum absolute atomic E-state index is 13.1. The van der Waals surface area contributed by atoms with Gasteiger partial charge in [-0.3, -0.25) is 14.5 Å². The van der Waals surface area contributed by atoms with Gasteiger partial charge in [0.05, 0.1) is 18.2 Å². The molecule has 1 aromatic carbocycles. The molecule has 0 N–H and O–H groups in total. The van der Waals surface area contributed by atoms with Gasteiger partial charge in [-0.05, 0) is 42.1 Å². The van der Waals surface area contributed by atoms with Gasteiger partial charge in [0.25, 0.3) is 5.91 Å². The highest BCUT2D eigenvalue weighted by Gasteiger charge is 2.43. The zero-order valence-corrected chi connectivity index (χ0v) is 15.8. The van der Waals surface area contributed by atoms with Crippen molar-refractivity contribution in [1.29, 1.82) is 0 Å². The summed E-state index contributed by atoms with van der Waals surface area (Å²) in [6, 6.07) is 9.35. The molecule has 0 aliphatic carbocycles. The summed E-state index contributed by atoms with van der Waals surface area (Å²) in [5.74, 6) is -0.788. The number of halogens is 1. The Bertz CT molecular complexity index is 801. The number of carbonyl (C=O) groups is 2. The number of piperazine rings is 1. The first kappa shape index (κ1) is 18.3. The Morgan fingerprint density at radius 2 is 1.78 bits per heavy atom. The molecule has 4 rings (SSSR count). The lowest BCUT2D eigenvalue weighted by molar-refractivity contribution is -0.123. The van der Waals surface area contributed by atoms with E-state index in [-0.39, 0.29) is 24.1 Å². The number of imide groups is 1. The SMILES string of the molecule is O=C1C[C@H](N2CCN(CCc3cccs3)CC2)C(=O)N1c1ccc(F)cc1. The Morgan fingerprint density at radius 1 is 1.04 bits per heavy atom. The van der Waals surface area contributed by atoms with Crippen molar-refractivity contribution in [1.82, 2.24) is 9.80 Å². The highest BCUT2D eigenvalue weighted by atomic mass is 32.1. The summed E-state index contributed by atoms with van der Waals surface area (Å²) in [6.45, 7) is 4.39. The number of hydrogen-bond acceptors (Lipinski definition) is 5. The van der Waals surface area contributed by atoms with E-state index in [1.54, 1.807) is 11.3 Å². The molecule has 7 heteroatoms. The summed E-state index contributed by atoms with van der Waals surface area (Å²) in [5, 5.41) is 2.10. The van der Waals surface area contributed by atoms with Gasteiger partial charge in [-0.15, -0.1) is 11.3 Å². The molecule has 2 aliphatic heterocycles. The molecule has 0 unspecified atom stereocenters. The summed E-state index contributed by atoms with van der Waals surface area (Å²) in [7, 11) is 0. The highest BCUT2D eigenvalue weighted by molar-refractivity contribution is 7.09. The van der Waals surface area contributed by atoms with Crippen LogP contribution in [0, 0.1) is 5.82 Å². The smallest absolute Gasteiger partial charge is 0.251 e. The van der Waals surface area contributed by atoms with Gasteiger partial charge in [0, 0.05) is 37.6 Å². The predicted octanol–water partition coefficient (Wildman–Crippen LogP) is 2.38. The normalized spacial score (nSPS) is 22.0. The average Bonchev–Trinajstić information content (AvgIpc) is 3.30. The lowest BCUT2D eigenvalue weighted by atomic mass is 10.1. The standard InChI is InChI=1S/C20H22FN3O2S/c21-15-3-5-16(6-4-15)24-19(25)14-18(20(24)26)23-11-9-22(10-12-23)8-7-17-2-1-13-27-17/h1-6,13,18H,7-12,14H2/t18-/m0/s1. The Kier molecular flexibility index (Phi) is 5.33. The molecule has 3 heterocycles. The lowest BCUT2D eigenvalue weighted by Gasteiger charge is -2.37. The minimum absolute atomic E-state index is 0.196. The molecule has 27 heavy (non-hydrogen) atoms. The van der Waals surface area contributed by atoms with Crippen LogP contribution in [-0.2, 0) is 16.0 Å². The van der Waals surface area contributed by atoms with E-state index in [9.17, 15) is 14.0 Å². The van der Waals surface area contributed by atoms with Gasteiger partial charge in [-0.1, -0.05) is 6.07 Å². The van der Waals surface area contributed by atoms with Crippen molar-refractivity contribution in [2.45, 2.75) is 18.9 Å². The fraction of sp³-hybridized carbons (Fsp3) is 0.400. The monoisotopic (exact) mass is 387 g/mol. The Morgan fingerprint density at radius 3 is 2.44 bits per heavy atom. The minimum atomic E-state index is -0.401. The van der Waals surface area contributed by atoms with Crippen LogP contribution in [0.2, 0.25) is 0 Å². The maximum atomic E-state index is 13.1. The van der Waals surface area contributed by atoms with Crippen LogP contribution in [0.3, 0.4) is 0 Å². The van der Waals surface area contributed by atoms with Crippen LogP contribution in [0.1, 0.15) is 11.3 Å². The van der Waals surface area contributed by atoms with E-state index in [0.29, 0.717) is 5.69 Å². The van der Waals surface area contributed by atoms with E-state index in [2.05, 4.69) is 27.3 Å². The number of nitrogens with zero attached hydrogens (tertiary/aromatic N) is 3. The van der Waals surface area contributed by atoms with Crippen molar-refractivity contribution < 1.29 is 14.0 Å². The van der Waals surface area contributed by atoms with Gasteiger partial charge in [-0.2, -0.15) is 0 Å². The molecule has 1 atom stereocenters. The topological polar surface area (TPSA) is 43.9 Å². The summed E-state index contributed by atoms with van der Waals surface area (Å²) in [5.41, 5.74) is 0.448. The van der Waals surface area contributed by atoms with Gasteiger partial charge < -0.3 is 4.90 Å². The Hall–Kier alpha value is -2.09. The second-order valence-electron chi connectivity index (χ2n) is 6.97. The zero-order chi connectivity index (χ0) is 18.8. The number of hydrogen-bond donors (Lipinski definition) is 0. The van der Waals surface area contributed by atoms with Crippen molar-refractivity contribution in [2.24, 2.45) is 0 Å². The van der Waals surface area contributed by atoms with Crippen LogP contribution in [0.4, 0.5) is 10.1 Å². The number of anilines is 1. The van der Waals surface area contributed by atoms with E-state index < -0.39 is 6.04 Å². The number of rotatable bonds is 5. The fourth-order valence-electron chi connectivity index (χ4n) is 3.78. The molecule has 2 fully saturated rings. The molecule has 0 saturated carbocycles. The second kappa shape index (κ2) is 7.88. The second-order valence-corrected chi connectivity index (χ2v) is 8.00. The summed E-state index contributed by atoms with van der Waals surface area (Å²) in [6.07, 6.45) is 1.25. The first-order chi connectivity index (χ1) is 13.1. The molecule has 142 valence electrons. The van der Waals surface area contributed by atoms with Crippen LogP contribution < -0.4 is 4.90 Å². The van der Waals surface area contributed by atoms with Crippen molar-refractivity contribution in [2.75, 3.05) is 37.6 Å². The van der Waals surface area contributed by atoms with Gasteiger partial charge in [0.1, 0.15) is 5.82 Å². The van der Waals surface area contributed by atoms with Crippen molar-refractivity contribution in [3.05, 3.63) is 52.5 Å². The molecule has 5 nitrogen and oxygen atoms in total. The number of amides is 2. The van der Waals surface area contributed by atoms with Crippen molar-refractivity contribution >= 4 is 28.8 Å². The Balaban J connectivity index is 1.34. The molecule has 0 spiro atoms. The molecule has 2 amide bonds. The minimum Gasteiger partial charge on any atom is -0.300 e. The van der Waals surface area contributed by atoms with Crippen LogP contribution in [0.5, 0.6) is 0 Å². The molecule has 1 aromatic heterocycles. The predicted molar refractivity (Wildman–Crippen MR) is 103 cm³/mol. The van der Waals surface area contributed by atoms with E-state index in [1.807, 2.05) is 0 Å². The van der Waals surface area contributed by atoms with Crippen molar-refractivity contribution in [3.63, 3.8) is 0 Å². The van der Waals surface area contributed by atoms with Crippen LogP contribution in [0.15, 0.2) is 41.8 Å². The molecule has 0 radical (unpaired) electrons. The lowest BCUT2D eigenvalue weighted by Crippen LogP contribution is -2.52. The average molecular weight is 387 g/mol. The molecule has 2 aromatic rings. The first-order valence-electron chi connectivity index (χ1n) is 9.23. The largest absolute Gasteiger partial charge is 0.300 e. The van der Waals surface area contributed by atoms with Crippen LogP contribution in [0.25, 0.3) is 0 Å². The number of benzene rings is 1. The molecule has 0 bridgehead atoms. The number of thiophene rings is 1. The Labute approximate surface area is 162 Å². The quantitative estimate of drug-likeness (QED) is 0.739. The van der Waals surface area contributed by atoms with Gasteiger partial charge in [-0.25, -0.2) is 9.29 Å². The molecular formula is C20H22FN3O2S. The first-order valence-corrected chi connectivity index (χ1v) is 10.1. The third-order valence-electron chi connectivity index (χ3n) is 5.31. The maximum Gasteiger partial charge on any atom is 0.251 e.